The zero-order valence-electron chi connectivity index (χ0n) is 10.5. The highest BCUT2D eigenvalue weighted by Gasteiger charge is 2.38. The fraction of sp³-hybridized carbons (Fsp3) is 0.462. The van der Waals surface area contributed by atoms with E-state index in [1.807, 2.05) is 18.2 Å². The van der Waals surface area contributed by atoms with Gasteiger partial charge in [-0.05, 0) is 22.6 Å². The molecule has 3 unspecified atom stereocenters. The van der Waals surface area contributed by atoms with Gasteiger partial charge >= 0.3 is 0 Å². The van der Waals surface area contributed by atoms with Crippen LogP contribution in [0.2, 0.25) is 0 Å². The molecule has 0 aliphatic rings. The first-order chi connectivity index (χ1) is 8.41. The minimum atomic E-state index is -2.52. The Kier molecular flexibility index (Phi) is 5.19. The van der Waals surface area contributed by atoms with Crippen molar-refractivity contribution in [3.8, 4) is 0 Å². The number of hydrogen-bond donors (Lipinski definition) is 1. The molecule has 3 atom stereocenters. The second kappa shape index (κ2) is 6.22. The standard InChI is InChI=1S/C13H19NO3S/c1-10(2)12(9-15)13(14,18(16)17)8-11-6-4-3-5-7-11/h3-7,9-10,12H,8,14H2,1-2H3,(H,16,17)/p-1. The van der Waals surface area contributed by atoms with Crippen LogP contribution >= 0.6 is 0 Å². The van der Waals surface area contributed by atoms with Gasteiger partial charge in [0.1, 0.15) is 6.29 Å². The van der Waals surface area contributed by atoms with Crippen LogP contribution in [0.3, 0.4) is 0 Å². The van der Waals surface area contributed by atoms with Crippen molar-refractivity contribution in [3.05, 3.63) is 35.9 Å². The molecule has 0 aliphatic heterocycles. The van der Waals surface area contributed by atoms with Gasteiger partial charge < -0.3 is 15.1 Å². The predicted molar refractivity (Wildman–Crippen MR) is 70.4 cm³/mol. The minimum absolute atomic E-state index is 0.130. The SMILES string of the molecule is CC(C)C(C=O)C(N)(Cc1ccccc1)S(=O)[O-]. The minimum Gasteiger partial charge on any atom is -0.771 e. The molecule has 0 aliphatic carbocycles. The number of aldehydes is 1. The molecule has 0 amide bonds. The Morgan fingerprint density at radius 1 is 1.39 bits per heavy atom. The lowest BCUT2D eigenvalue weighted by Gasteiger charge is -2.38. The smallest absolute Gasteiger partial charge is 0.126 e. The van der Waals surface area contributed by atoms with E-state index >= 15 is 0 Å². The molecule has 18 heavy (non-hydrogen) atoms. The molecular weight excluding hydrogens is 250 g/mol. The van der Waals surface area contributed by atoms with Crippen LogP contribution in [0.4, 0.5) is 0 Å². The van der Waals surface area contributed by atoms with Crippen LogP contribution < -0.4 is 5.73 Å². The van der Waals surface area contributed by atoms with E-state index in [4.69, 9.17) is 5.73 Å². The molecular formula is C13H18NO3S-. The van der Waals surface area contributed by atoms with E-state index in [1.165, 1.54) is 0 Å². The predicted octanol–water partition coefficient (Wildman–Crippen LogP) is 1.23. The van der Waals surface area contributed by atoms with Gasteiger partial charge in [0.25, 0.3) is 0 Å². The Labute approximate surface area is 110 Å². The third kappa shape index (κ3) is 3.25. The van der Waals surface area contributed by atoms with Gasteiger partial charge in [0.2, 0.25) is 0 Å². The van der Waals surface area contributed by atoms with Crippen LogP contribution in [-0.4, -0.2) is 19.9 Å². The Hall–Kier alpha value is -1.04. The van der Waals surface area contributed by atoms with E-state index in [0.717, 1.165) is 5.56 Å². The maximum absolute atomic E-state index is 11.4. The highest BCUT2D eigenvalue weighted by atomic mass is 32.2. The van der Waals surface area contributed by atoms with Gasteiger partial charge in [-0.25, -0.2) is 0 Å². The summed E-state index contributed by atoms with van der Waals surface area (Å²) in [6, 6.07) is 9.08. The monoisotopic (exact) mass is 268 g/mol. The molecule has 0 spiro atoms. The lowest BCUT2D eigenvalue weighted by molar-refractivity contribution is -0.113. The summed E-state index contributed by atoms with van der Waals surface area (Å²) in [5, 5.41) is 0. The molecule has 2 N–H and O–H groups in total. The first-order valence-electron chi connectivity index (χ1n) is 5.79. The lowest BCUT2D eigenvalue weighted by Crippen LogP contribution is -2.55. The molecule has 0 saturated carbocycles. The van der Waals surface area contributed by atoms with E-state index in [1.54, 1.807) is 26.0 Å². The van der Waals surface area contributed by atoms with Crippen molar-refractivity contribution in [2.24, 2.45) is 17.6 Å². The topological polar surface area (TPSA) is 83.2 Å². The van der Waals surface area contributed by atoms with Gasteiger partial charge in [0.15, 0.2) is 0 Å². The number of benzene rings is 1. The Balaban J connectivity index is 3.08. The molecule has 100 valence electrons. The summed E-state index contributed by atoms with van der Waals surface area (Å²) in [5.74, 6) is -0.856. The number of rotatable bonds is 6. The van der Waals surface area contributed by atoms with E-state index in [2.05, 4.69) is 0 Å². The molecule has 0 aromatic heterocycles. The fourth-order valence-corrected chi connectivity index (χ4v) is 2.87. The fourth-order valence-electron chi connectivity index (χ4n) is 2.04. The largest absolute Gasteiger partial charge is 0.771 e. The third-order valence-corrected chi connectivity index (χ3v) is 4.10. The molecule has 0 bridgehead atoms. The summed E-state index contributed by atoms with van der Waals surface area (Å²) in [6.07, 6.45) is 0.773. The van der Waals surface area contributed by atoms with Crippen LogP contribution in [0.15, 0.2) is 30.3 Å². The highest BCUT2D eigenvalue weighted by Crippen LogP contribution is 2.27. The van der Waals surface area contributed by atoms with Crippen molar-refractivity contribution < 1.29 is 13.6 Å². The van der Waals surface area contributed by atoms with E-state index in [0.29, 0.717) is 6.29 Å². The molecule has 5 heteroatoms. The lowest BCUT2D eigenvalue weighted by atomic mass is 9.86. The van der Waals surface area contributed by atoms with E-state index in [-0.39, 0.29) is 12.3 Å². The molecule has 0 heterocycles. The summed E-state index contributed by atoms with van der Waals surface area (Å²) in [7, 11) is 0. The number of hydrogen-bond acceptors (Lipinski definition) is 4. The van der Waals surface area contributed by atoms with Gasteiger partial charge in [-0.3, -0.25) is 4.21 Å². The summed E-state index contributed by atoms with van der Waals surface area (Å²) >= 11 is -2.52. The molecule has 4 nitrogen and oxygen atoms in total. The van der Waals surface area contributed by atoms with Crippen LogP contribution in [0.1, 0.15) is 19.4 Å². The second-order valence-corrected chi connectivity index (χ2v) is 5.99. The zero-order chi connectivity index (χ0) is 13.8. The second-order valence-electron chi connectivity index (χ2n) is 4.76. The van der Waals surface area contributed by atoms with Gasteiger partial charge in [-0.15, -0.1) is 0 Å². The average molecular weight is 268 g/mol. The number of nitrogens with two attached hydrogens (primary N) is 1. The maximum Gasteiger partial charge on any atom is 0.126 e. The summed E-state index contributed by atoms with van der Waals surface area (Å²) in [4.78, 5) is 9.58. The first-order valence-corrected chi connectivity index (χ1v) is 6.86. The summed E-state index contributed by atoms with van der Waals surface area (Å²) < 4.78 is 22.9. The van der Waals surface area contributed by atoms with Crippen LogP contribution in [-0.2, 0) is 22.3 Å². The Bertz CT molecular complexity index is 422. The quantitative estimate of drug-likeness (QED) is 0.621. The maximum atomic E-state index is 11.4. The van der Waals surface area contributed by atoms with Crippen molar-refractivity contribution in [1.29, 1.82) is 0 Å². The first kappa shape index (κ1) is 15.0. The Morgan fingerprint density at radius 2 is 1.94 bits per heavy atom. The molecule has 1 aromatic carbocycles. The van der Waals surface area contributed by atoms with Crippen molar-refractivity contribution in [2.45, 2.75) is 25.1 Å². The van der Waals surface area contributed by atoms with Gasteiger partial charge in [0, 0.05) is 12.3 Å². The normalized spacial score (nSPS) is 18.1. The zero-order valence-corrected chi connectivity index (χ0v) is 11.4. The van der Waals surface area contributed by atoms with Crippen molar-refractivity contribution in [2.75, 3.05) is 0 Å². The summed E-state index contributed by atoms with van der Waals surface area (Å²) in [6.45, 7) is 3.58. The molecule has 0 radical (unpaired) electrons. The number of carbonyl (C=O) groups is 1. The van der Waals surface area contributed by atoms with Gasteiger partial charge in [0.05, 0.1) is 4.87 Å². The van der Waals surface area contributed by atoms with Crippen LogP contribution in [0.5, 0.6) is 0 Å². The van der Waals surface area contributed by atoms with Gasteiger partial charge in [-0.2, -0.15) is 0 Å². The number of carbonyl (C=O) groups excluding carboxylic acids is 1. The van der Waals surface area contributed by atoms with Crippen LogP contribution in [0, 0.1) is 11.8 Å². The molecule has 0 saturated heterocycles. The molecule has 1 aromatic rings. The summed E-state index contributed by atoms with van der Waals surface area (Å²) in [5.41, 5.74) is 6.79. The van der Waals surface area contributed by atoms with Crippen molar-refractivity contribution >= 4 is 17.4 Å². The van der Waals surface area contributed by atoms with E-state index in [9.17, 15) is 13.6 Å². The third-order valence-electron chi connectivity index (χ3n) is 3.06. The van der Waals surface area contributed by atoms with Crippen molar-refractivity contribution in [1.82, 2.24) is 0 Å². The van der Waals surface area contributed by atoms with E-state index < -0.39 is 21.9 Å². The average Bonchev–Trinajstić information content (AvgIpc) is 2.30. The van der Waals surface area contributed by atoms with Crippen LogP contribution in [0.25, 0.3) is 0 Å². The van der Waals surface area contributed by atoms with Gasteiger partial charge in [-0.1, -0.05) is 44.2 Å². The Morgan fingerprint density at radius 3 is 2.33 bits per heavy atom. The molecule has 0 fully saturated rings. The highest BCUT2D eigenvalue weighted by molar-refractivity contribution is 7.80. The van der Waals surface area contributed by atoms with Crippen molar-refractivity contribution in [3.63, 3.8) is 0 Å². The molecule has 1 rings (SSSR count).